The fourth-order valence-electron chi connectivity index (χ4n) is 5.70. The predicted molar refractivity (Wildman–Crippen MR) is 185 cm³/mol. The van der Waals surface area contributed by atoms with Crippen molar-refractivity contribution in [1.29, 1.82) is 0 Å². The van der Waals surface area contributed by atoms with E-state index in [0.29, 0.717) is 84.9 Å². The predicted octanol–water partition coefficient (Wildman–Crippen LogP) is 4.88. The SMILES string of the molecule is C=C/C(=C\C=C(/C)Cl)OCC(=O)N1CCN(Cc2nc3ccccc3c(=O)n2-c2cc(CN3CCOCC3)ccc2OC(C)C)CC1. The van der Waals surface area contributed by atoms with E-state index < -0.39 is 0 Å². The van der Waals surface area contributed by atoms with Gasteiger partial charge in [-0.25, -0.2) is 4.98 Å². The molecule has 0 radical (unpaired) electrons. The van der Waals surface area contributed by atoms with Crippen molar-refractivity contribution in [1.82, 2.24) is 24.3 Å². The molecule has 0 aliphatic carbocycles. The highest BCUT2D eigenvalue weighted by Crippen LogP contribution is 2.28. The number of carbonyl (C=O) groups excluding carboxylic acids is 1. The van der Waals surface area contributed by atoms with E-state index in [4.69, 9.17) is 30.8 Å². The standard InChI is InChI=1S/C36H44ClN5O5/c1-5-29(12-10-27(4)37)46-25-35(43)41-16-14-39(15-17-41)24-34-38-31-9-7-6-8-30(31)36(44)42(34)32-22-28(11-13-33(32)47-26(2)3)23-40-18-20-45-21-19-40/h5-13,22,26H,1,14-21,23-25H2,2-4H3/b27-10+,29-12+. The second-order valence-electron chi connectivity index (χ2n) is 12.0. The normalized spacial score (nSPS) is 16.9. The van der Waals surface area contributed by atoms with Crippen LogP contribution in [-0.4, -0.2) is 95.4 Å². The first kappa shape index (κ1) is 34.4. The van der Waals surface area contributed by atoms with Crippen molar-refractivity contribution >= 4 is 28.4 Å². The van der Waals surface area contributed by atoms with Gasteiger partial charge in [-0.1, -0.05) is 36.4 Å². The average Bonchev–Trinajstić information content (AvgIpc) is 3.06. The van der Waals surface area contributed by atoms with Gasteiger partial charge in [-0.15, -0.1) is 0 Å². The molecule has 2 fully saturated rings. The largest absolute Gasteiger partial charge is 0.489 e. The van der Waals surface area contributed by atoms with E-state index in [-0.39, 0.29) is 24.2 Å². The number of morpholine rings is 1. The summed E-state index contributed by atoms with van der Waals surface area (Å²) >= 11 is 5.90. The van der Waals surface area contributed by atoms with Gasteiger partial charge in [0, 0.05) is 50.8 Å². The second-order valence-corrected chi connectivity index (χ2v) is 12.6. The van der Waals surface area contributed by atoms with Crippen molar-refractivity contribution in [3.05, 3.63) is 99.8 Å². The van der Waals surface area contributed by atoms with E-state index in [1.165, 1.54) is 0 Å². The molecule has 2 aliphatic heterocycles. The van der Waals surface area contributed by atoms with Gasteiger partial charge in [0.1, 0.15) is 17.3 Å². The molecule has 0 unspecified atom stereocenters. The van der Waals surface area contributed by atoms with Gasteiger partial charge in [0.2, 0.25) is 0 Å². The highest BCUT2D eigenvalue weighted by atomic mass is 35.5. The number of ether oxygens (including phenoxy) is 3. The van der Waals surface area contributed by atoms with Gasteiger partial charge in [0.25, 0.3) is 11.5 Å². The first-order valence-corrected chi connectivity index (χ1v) is 16.5. The zero-order chi connectivity index (χ0) is 33.3. The molecule has 3 aromatic rings. The maximum Gasteiger partial charge on any atom is 0.266 e. The van der Waals surface area contributed by atoms with E-state index in [9.17, 15) is 9.59 Å². The van der Waals surface area contributed by atoms with Gasteiger partial charge in [-0.2, -0.15) is 0 Å². The van der Waals surface area contributed by atoms with Gasteiger partial charge in [-0.05, 0) is 68.8 Å². The third-order valence-electron chi connectivity index (χ3n) is 8.11. The number of aromatic nitrogens is 2. The smallest absolute Gasteiger partial charge is 0.266 e. The molecule has 47 heavy (non-hydrogen) atoms. The van der Waals surface area contributed by atoms with Gasteiger partial charge >= 0.3 is 0 Å². The highest BCUT2D eigenvalue weighted by molar-refractivity contribution is 6.29. The summed E-state index contributed by atoms with van der Waals surface area (Å²) in [5.74, 6) is 1.63. The number of fused-ring (bicyclic) bond motifs is 1. The summed E-state index contributed by atoms with van der Waals surface area (Å²) in [6.07, 6.45) is 4.85. The van der Waals surface area contributed by atoms with Gasteiger partial charge < -0.3 is 19.1 Å². The molecular weight excluding hydrogens is 618 g/mol. The maximum atomic E-state index is 14.2. The quantitative estimate of drug-likeness (QED) is 0.201. The second kappa shape index (κ2) is 16.2. The Hall–Kier alpha value is -3.96. The fraction of sp³-hybridized carbons (Fsp3) is 0.417. The van der Waals surface area contributed by atoms with E-state index in [2.05, 4.69) is 28.5 Å². The number of rotatable bonds is 12. The van der Waals surface area contributed by atoms with Crippen LogP contribution in [0.1, 0.15) is 32.2 Å². The van der Waals surface area contributed by atoms with Crippen LogP contribution in [0.3, 0.4) is 0 Å². The van der Waals surface area contributed by atoms with Crippen LogP contribution >= 0.6 is 11.6 Å². The number of allylic oxidation sites excluding steroid dienone is 4. The Labute approximate surface area is 281 Å². The van der Waals surface area contributed by atoms with Crippen LogP contribution in [0.15, 0.2) is 82.9 Å². The number of halogens is 1. The van der Waals surface area contributed by atoms with Crippen LogP contribution in [-0.2, 0) is 27.4 Å². The maximum absolute atomic E-state index is 14.2. The average molecular weight is 662 g/mol. The lowest BCUT2D eigenvalue weighted by Gasteiger charge is -2.35. The van der Waals surface area contributed by atoms with E-state index in [1.54, 1.807) is 34.6 Å². The van der Waals surface area contributed by atoms with Crippen LogP contribution in [0.25, 0.3) is 16.6 Å². The Bertz CT molecular complexity index is 1680. The van der Waals surface area contributed by atoms with Crippen molar-refractivity contribution in [2.75, 3.05) is 59.1 Å². The van der Waals surface area contributed by atoms with Crippen LogP contribution in [0.4, 0.5) is 0 Å². The molecule has 2 aliphatic rings. The van der Waals surface area contributed by atoms with Gasteiger partial charge in [0.15, 0.2) is 6.61 Å². The molecule has 1 aromatic heterocycles. The third-order valence-corrected chi connectivity index (χ3v) is 8.24. The van der Waals surface area contributed by atoms with Crippen LogP contribution < -0.4 is 10.3 Å². The van der Waals surface area contributed by atoms with Crippen LogP contribution in [0, 0.1) is 0 Å². The number of nitrogens with zero attached hydrogens (tertiary/aromatic N) is 5. The number of hydrogen-bond donors (Lipinski definition) is 0. The molecule has 0 spiro atoms. The van der Waals surface area contributed by atoms with Crippen molar-refractivity contribution in [2.24, 2.45) is 0 Å². The van der Waals surface area contributed by atoms with E-state index in [0.717, 1.165) is 25.2 Å². The Balaban J connectivity index is 1.39. The molecule has 1 amide bonds. The molecule has 11 heteroatoms. The zero-order valence-corrected chi connectivity index (χ0v) is 28.2. The molecule has 0 atom stereocenters. The summed E-state index contributed by atoms with van der Waals surface area (Å²) in [6, 6.07) is 13.5. The molecule has 10 nitrogen and oxygen atoms in total. The lowest BCUT2D eigenvalue weighted by atomic mass is 10.1. The Morgan fingerprint density at radius 1 is 1.02 bits per heavy atom. The molecule has 2 aromatic carbocycles. The number of benzene rings is 2. The topological polar surface area (TPSA) is 89.4 Å². The number of hydrogen-bond acceptors (Lipinski definition) is 8. The lowest BCUT2D eigenvalue weighted by Crippen LogP contribution is -2.49. The summed E-state index contributed by atoms with van der Waals surface area (Å²) < 4.78 is 19.2. The lowest BCUT2D eigenvalue weighted by molar-refractivity contribution is -0.136. The summed E-state index contributed by atoms with van der Waals surface area (Å²) in [5, 5.41) is 1.15. The molecular formula is C36H44ClN5O5. The van der Waals surface area contributed by atoms with E-state index in [1.807, 2.05) is 44.2 Å². The Morgan fingerprint density at radius 3 is 2.45 bits per heavy atom. The number of carbonyl (C=O) groups is 1. The van der Waals surface area contributed by atoms with Crippen molar-refractivity contribution in [3.63, 3.8) is 0 Å². The van der Waals surface area contributed by atoms with Crippen LogP contribution in [0.2, 0.25) is 0 Å². The first-order chi connectivity index (χ1) is 22.7. The minimum atomic E-state index is -0.140. The van der Waals surface area contributed by atoms with Crippen molar-refractivity contribution in [3.8, 4) is 11.4 Å². The summed E-state index contributed by atoms with van der Waals surface area (Å²) in [4.78, 5) is 38.6. The molecule has 2 saturated heterocycles. The number of amides is 1. The molecule has 250 valence electrons. The zero-order valence-electron chi connectivity index (χ0n) is 27.5. The van der Waals surface area contributed by atoms with Gasteiger partial charge in [0.05, 0.1) is 42.5 Å². The molecule has 3 heterocycles. The Kier molecular flexibility index (Phi) is 11.9. The molecule has 0 bridgehead atoms. The molecule has 0 saturated carbocycles. The molecule has 5 rings (SSSR count). The van der Waals surface area contributed by atoms with Crippen molar-refractivity contribution in [2.45, 2.75) is 40.0 Å². The number of piperazine rings is 1. The molecule has 0 N–H and O–H groups in total. The minimum absolute atomic E-state index is 0.0834. The third kappa shape index (κ3) is 9.10. The highest BCUT2D eigenvalue weighted by Gasteiger charge is 2.25. The summed E-state index contributed by atoms with van der Waals surface area (Å²) in [6.45, 7) is 16.0. The van der Waals surface area contributed by atoms with E-state index >= 15 is 0 Å². The number of para-hydroxylation sites is 1. The summed E-state index contributed by atoms with van der Waals surface area (Å²) in [7, 11) is 0. The summed E-state index contributed by atoms with van der Waals surface area (Å²) in [5.41, 5.74) is 2.27. The fourth-order valence-corrected chi connectivity index (χ4v) is 5.77. The Morgan fingerprint density at radius 2 is 1.74 bits per heavy atom. The van der Waals surface area contributed by atoms with Crippen molar-refractivity contribution < 1.29 is 19.0 Å². The minimum Gasteiger partial charge on any atom is -0.489 e. The monoisotopic (exact) mass is 661 g/mol. The van der Waals surface area contributed by atoms with Gasteiger partial charge in [-0.3, -0.25) is 24.0 Å². The first-order valence-electron chi connectivity index (χ1n) is 16.1. The van der Waals surface area contributed by atoms with Crippen LogP contribution in [0.5, 0.6) is 5.75 Å².